The molecule has 2 amide bonds. The summed E-state index contributed by atoms with van der Waals surface area (Å²) in [4.78, 5) is 25.5. The Morgan fingerprint density at radius 1 is 1.26 bits per heavy atom. The smallest absolute Gasteiger partial charge is 0.225 e. The zero-order chi connectivity index (χ0) is 13.6. The molecule has 2 saturated heterocycles. The Hall–Kier alpha value is -1.11. The lowest BCUT2D eigenvalue weighted by Crippen LogP contribution is -2.39. The number of rotatable bonds is 3. The van der Waals surface area contributed by atoms with Gasteiger partial charge in [-0.25, -0.2) is 8.42 Å². The van der Waals surface area contributed by atoms with Crippen LogP contribution in [0, 0.1) is 5.92 Å². The van der Waals surface area contributed by atoms with Gasteiger partial charge in [0.05, 0.1) is 17.4 Å². The normalized spacial score (nSPS) is 33.7. The van der Waals surface area contributed by atoms with Crippen LogP contribution in [0.5, 0.6) is 0 Å². The summed E-state index contributed by atoms with van der Waals surface area (Å²) in [5.74, 6) is -0.246. The summed E-state index contributed by atoms with van der Waals surface area (Å²) < 4.78 is 22.9. The molecule has 3 fully saturated rings. The third kappa shape index (κ3) is 2.75. The van der Waals surface area contributed by atoms with Crippen LogP contribution in [0.3, 0.4) is 0 Å². The van der Waals surface area contributed by atoms with E-state index in [0.717, 1.165) is 12.8 Å². The number of likely N-dealkylation sites (tertiary alicyclic amines) is 1. The SMILES string of the molecule is O=C(NC1CC1)C1CC(=O)N(C2CCS(=O)(=O)C2)C1. The van der Waals surface area contributed by atoms with Gasteiger partial charge < -0.3 is 10.2 Å². The Labute approximate surface area is 112 Å². The van der Waals surface area contributed by atoms with Crippen LogP contribution >= 0.6 is 0 Å². The summed E-state index contributed by atoms with van der Waals surface area (Å²) in [7, 11) is -3.00. The van der Waals surface area contributed by atoms with Gasteiger partial charge >= 0.3 is 0 Å². The maximum atomic E-state index is 11.9. The van der Waals surface area contributed by atoms with Gasteiger partial charge in [-0.15, -0.1) is 0 Å². The van der Waals surface area contributed by atoms with Crippen LogP contribution in [-0.2, 0) is 19.4 Å². The summed E-state index contributed by atoms with van der Waals surface area (Å²) >= 11 is 0. The van der Waals surface area contributed by atoms with Crippen molar-refractivity contribution in [3.63, 3.8) is 0 Å². The van der Waals surface area contributed by atoms with Crippen molar-refractivity contribution < 1.29 is 18.0 Å². The summed E-state index contributed by atoms with van der Waals surface area (Å²) in [6.45, 7) is 0.373. The first kappa shape index (κ1) is 12.9. The topological polar surface area (TPSA) is 83.6 Å². The fourth-order valence-electron chi connectivity index (χ4n) is 2.83. The van der Waals surface area contributed by atoms with Crippen LogP contribution in [0.1, 0.15) is 25.7 Å². The third-order valence-corrected chi connectivity index (χ3v) is 5.85. The first-order valence-corrected chi connectivity index (χ1v) is 8.57. The molecular weight excluding hydrogens is 268 g/mol. The van der Waals surface area contributed by atoms with Gasteiger partial charge in [0.15, 0.2) is 9.84 Å². The van der Waals surface area contributed by atoms with Crippen LogP contribution in [0.2, 0.25) is 0 Å². The summed E-state index contributed by atoms with van der Waals surface area (Å²) in [6, 6.07) is 0.0692. The highest BCUT2D eigenvalue weighted by atomic mass is 32.2. The van der Waals surface area contributed by atoms with Gasteiger partial charge in [0.2, 0.25) is 11.8 Å². The molecule has 19 heavy (non-hydrogen) atoms. The van der Waals surface area contributed by atoms with E-state index in [2.05, 4.69) is 5.32 Å². The fraction of sp³-hybridized carbons (Fsp3) is 0.833. The van der Waals surface area contributed by atoms with Gasteiger partial charge in [0.25, 0.3) is 0 Å². The van der Waals surface area contributed by atoms with Crippen molar-refractivity contribution >= 4 is 21.7 Å². The van der Waals surface area contributed by atoms with Gasteiger partial charge in [-0.05, 0) is 19.3 Å². The quantitative estimate of drug-likeness (QED) is 0.743. The van der Waals surface area contributed by atoms with Crippen LogP contribution in [0.25, 0.3) is 0 Å². The molecule has 1 saturated carbocycles. The van der Waals surface area contributed by atoms with Crippen molar-refractivity contribution in [1.29, 1.82) is 0 Å². The van der Waals surface area contributed by atoms with Gasteiger partial charge in [-0.1, -0.05) is 0 Å². The van der Waals surface area contributed by atoms with E-state index in [1.807, 2.05) is 0 Å². The molecule has 106 valence electrons. The predicted octanol–water partition coefficient (Wildman–Crippen LogP) is -0.699. The zero-order valence-electron chi connectivity index (χ0n) is 10.7. The highest BCUT2D eigenvalue weighted by Gasteiger charge is 2.42. The van der Waals surface area contributed by atoms with Crippen molar-refractivity contribution in [3.8, 4) is 0 Å². The molecule has 0 aromatic rings. The number of hydrogen-bond donors (Lipinski definition) is 1. The number of carbonyl (C=O) groups excluding carboxylic acids is 2. The van der Waals surface area contributed by atoms with Crippen LogP contribution in [0.15, 0.2) is 0 Å². The highest BCUT2D eigenvalue weighted by molar-refractivity contribution is 7.91. The van der Waals surface area contributed by atoms with E-state index in [1.54, 1.807) is 4.90 Å². The summed E-state index contributed by atoms with van der Waals surface area (Å²) in [5, 5.41) is 2.91. The number of carbonyl (C=O) groups is 2. The molecule has 2 atom stereocenters. The lowest BCUT2D eigenvalue weighted by atomic mass is 10.1. The molecule has 2 aliphatic heterocycles. The molecule has 0 aromatic heterocycles. The van der Waals surface area contributed by atoms with E-state index in [1.165, 1.54) is 0 Å². The molecule has 2 unspecified atom stereocenters. The number of nitrogens with one attached hydrogen (secondary N) is 1. The van der Waals surface area contributed by atoms with Crippen LogP contribution in [0.4, 0.5) is 0 Å². The van der Waals surface area contributed by atoms with E-state index in [-0.39, 0.29) is 41.7 Å². The highest BCUT2D eigenvalue weighted by Crippen LogP contribution is 2.27. The third-order valence-electron chi connectivity index (χ3n) is 4.10. The van der Waals surface area contributed by atoms with E-state index in [4.69, 9.17) is 0 Å². The van der Waals surface area contributed by atoms with Crippen LogP contribution < -0.4 is 5.32 Å². The number of nitrogens with zero attached hydrogens (tertiary/aromatic N) is 1. The molecule has 2 heterocycles. The summed E-state index contributed by atoms with van der Waals surface area (Å²) in [5.41, 5.74) is 0. The number of sulfone groups is 1. The number of hydrogen-bond acceptors (Lipinski definition) is 4. The maximum absolute atomic E-state index is 11.9. The molecule has 3 aliphatic rings. The van der Waals surface area contributed by atoms with E-state index >= 15 is 0 Å². The van der Waals surface area contributed by atoms with Crippen molar-refractivity contribution in [3.05, 3.63) is 0 Å². The molecule has 0 spiro atoms. The Balaban J connectivity index is 1.61. The Morgan fingerprint density at radius 3 is 2.58 bits per heavy atom. The zero-order valence-corrected chi connectivity index (χ0v) is 11.5. The fourth-order valence-corrected chi connectivity index (χ4v) is 4.56. The standard InChI is InChI=1S/C12H18N2O4S/c15-11-5-8(12(16)13-9-1-2-9)6-14(11)10-3-4-19(17,18)7-10/h8-10H,1-7H2,(H,13,16). The second-order valence-corrected chi connectivity index (χ2v) is 8.02. The van der Waals surface area contributed by atoms with Crippen molar-refractivity contribution in [2.45, 2.75) is 37.8 Å². The first-order valence-electron chi connectivity index (χ1n) is 6.75. The van der Waals surface area contributed by atoms with Gasteiger partial charge in [-0.2, -0.15) is 0 Å². The molecule has 3 rings (SSSR count). The number of amides is 2. The lowest BCUT2D eigenvalue weighted by Gasteiger charge is -2.22. The second kappa shape index (κ2) is 4.47. The Morgan fingerprint density at radius 2 is 2.00 bits per heavy atom. The molecular formula is C12H18N2O4S. The minimum absolute atomic E-state index is 0.0513. The molecule has 1 aliphatic carbocycles. The van der Waals surface area contributed by atoms with Gasteiger partial charge in [0.1, 0.15) is 0 Å². The predicted molar refractivity (Wildman–Crippen MR) is 68.0 cm³/mol. The van der Waals surface area contributed by atoms with Crippen molar-refractivity contribution in [1.82, 2.24) is 10.2 Å². The lowest BCUT2D eigenvalue weighted by molar-refractivity contribution is -0.130. The largest absolute Gasteiger partial charge is 0.353 e. The molecule has 7 heteroatoms. The van der Waals surface area contributed by atoms with Crippen molar-refractivity contribution in [2.24, 2.45) is 5.92 Å². The average Bonchev–Trinajstić information content (AvgIpc) is 2.94. The monoisotopic (exact) mass is 286 g/mol. The minimum atomic E-state index is -3.00. The van der Waals surface area contributed by atoms with Gasteiger partial charge in [-0.3, -0.25) is 9.59 Å². The van der Waals surface area contributed by atoms with Crippen LogP contribution in [-0.4, -0.2) is 55.3 Å². The molecule has 0 bridgehead atoms. The van der Waals surface area contributed by atoms with E-state index in [9.17, 15) is 18.0 Å². The molecule has 0 radical (unpaired) electrons. The Bertz CT molecular complexity index is 512. The van der Waals surface area contributed by atoms with Crippen molar-refractivity contribution in [2.75, 3.05) is 18.1 Å². The molecule has 6 nitrogen and oxygen atoms in total. The molecule has 1 N–H and O–H groups in total. The second-order valence-electron chi connectivity index (χ2n) is 5.79. The van der Waals surface area contributed by atoms with E-state index in [0.29, 0.717) is 19.0 Å². The summed E-state index contributed by atoms with van der Waals surface area (Å²) in [6.07, 6.45) is 2.77. The molecule has 0 aromatic carbocycles. The van der Waals surface area contributed by atoms with E-state index < -0.39 is 9.84 Å². The maximum Gasteiger partial charge on any atom is 0.225 e. The van der Waals surface area contributed by atoms with Gasteiger partial charge in [0, 0.05) is 25.0 Å². The first-order chi connectivity index (χ1) is 8.94. The Kier molecular flexibility index (Phi) is 3.03. The average molecular weight is 286 g/mol. The minimum Gasteiger partial charge on any atom is -0.353 e.